The highest BCUT2D eigenvalue weighted by Crippen LogP contribution is 2.34. The maximum atomic E-state index is 12.5. The molecule has 1 aromatic heterocycles. The molecule has 25 heavy (non-hydrogen) atoms. The fourth-order valence-corrected chi connectivity index (χ4v) is 3.95. The molecule has 1 aliphatic rings. The van der Waals surface area contributed by atoms with E-state index in [1.54, 1.807) is 6.07 Å². The Labute approximate surface area is 148 Å². The molecular weight excluding hydrogens is 314 g/mol. The number of aromatic amines is 1. The number of rotatable bonds is 5. The predicted octanol–water partition coefficient (Wildman–Crippen LogP) is 2.91. The summed E-state index contributed by atoms with van der Waals surface area (Å²) in [5, 5.41) is 3.81. The molecule has 1 fully saturated rings. The summed E-state index contributed by atoms with van der Waals surface area (Å²) in [6, 6.07) is 9.16. The van der Waals surface area contributed by atoms with Crippen LogP contribution >= 0.6 is 0 Å². The molecule has 0 spiro atoms. The first-order chi connectivity index (χ1) is 12.0. The second kappa shape index (κ2) is 7.40. The Kier molecular flexibility index (Phi) is 5.23. The SMILES string of the molecule is CN(C)C1(CCNC(=O)c2cc3ccccc3[nH]c2=O)CCCCC1. The van der Waals surface area contributed by atoms with Gasteiger partial charge in [0.1, 0.15) is 5.56 Å². The fraction of sp³-hybridized carbons (Fsp3) is 0.500. The molecule has 1 aliphatic carbocycles. The lowest BCUT2D eigenvalue weighted by atomic mass is 9.78. The largest absolute Gasteiger partial charge is 0.352 e. The third-order valence-corrected chi connectivity index (χ3v) is 5.61. The Morgan fingerprint density at radius 2 is 1.92 bits per heavy atom. The minimum Gasteiger partial charge on any atom is -0.352 e. The molecule has 1 aromatic carbocycles. The normalized spacial score (nSPS) is 16.9. The number of fused-ring (bicyclic) bond motifs is 1. The maximum Gasteiger partial charge on any atom is 0.261 e. The Hall–Kier alpha value is -2.14. The molecule has 0 atom stereocenters. The van der Waals surface area contributed by atoms with Gasteiger partial charge in [0.15, 0.2) is 0 Å². The van der Waals surface area contributed by atoms with E-state index >= 15 is 0 Å². The first-order valence-corrected chi connectivity index (χ1v) is 9.10. The summed E-state index contributed by atoms with van der Waals surface area (Å²) in [4.78, 5) is 29.8. The van der Waals surface area contributed by atoms with Gasteiger partial charge >= 0.3 is 0 Å². The number of nitrogens with one attached hydrogen (secondary N) is 2. The van der Waals surface area contributed by atoms with Gasteiger partial charge < -0.3 is 15.2 Å². The van der Waals surface area contributed by atoms with Crippen molar-refractivity contribution in [2.75, 3.05) is 20.6 Å². The fourth-order valence-electron chi connectivity index (χ4n) is 3.95. The highest BCUT2D eigenvalue weighted by molar-refractivity contribution is 5.97. The molecule has 5 nitrogen and oxygen atoms in total. The van der Waals surface area contributed by atoms with E-state index in [-0.39, 0.29) is 22.6 Å². The van der Waals surface area contributed by atoms with Gasteiger partial charge in [-0.15, -0.1) is 0 Å². The zero-order valence-electron chi connectivity index (χ0n) is 15.1. The molecule has 0 unspecified atom stereocenters. The van der Waals surface area contributed by atoms with Crippen molar-refractivity contribution in [1.29, 1.82) is 0 Å². The lowest BCUT2D eigenvalue weighted by Crippen LogP contribution is -2.48. The predicted molar refractivity (Wildman–Crippen MR) is 101 cm³/mol. The number of carbonyl (C=O) groups excluding carboxylic acids is 1. The van der Waals surface area contributed by atoms with Crippen molar-refractivity contribution in [2.24, 2.45) is 0 Å². The molecule has 2 aromatic rings. The van der Waals surface area contributed by atoms with Crippen LogP contribution in [-0.2, 0) is 0 Å². The third-order valence-electron chi connectivity index (χ3n) is 5.61. The molecule has 1 amide bonds. The minimum atomic E-state index is -0.337. The van der Waals surface area contributed by atoms with Gasteiger partial charge in [-0.2, -0.15) is 0 Å². The molecule has 0 aliphatic heterocycles. The van der Waals surface area contributed by atoms with Crippen LogP contribution in [0.4, 0.5) is 0 Å². The Morgan fingerprint density at radius 3 is 2.64 bits per heavy atom. The van der Waals surface area contributed by atoms with Gasteiger partial charge in [-0.25, -0.2) is 0 Å². The zero-order valence-corrected chi connectivity index (χ0v) is 15.1. The first-order valence-electron chi connectivity index (χ1n) is 9.10. The quantitative estimate of drug-likeness (QED) is 0.879. The van der Waals surface area contributed by atoms with Gasteiger partial charge in [0.2, 0.25) is 0 Å². The highest BCUT2D eigenvalue weighted by atomic mass is 16.2. The van der Waals surface area contributed by atoms with Crippen LogP contribution < -0.4 is 10.9 Å². The summed E-state index contributed by atoms with van der Waals surface area (Å²) < 4.78 is 0. The van der Waals surface area contributed by atoms with E-state index in [0.29, 0.717) is 6.54 Å². The minimum absolute atomic E-state index is 0.168. The highest BCUT2D eigenvalue weighted by Gasteiger charge is 2.33. The number of aromatic nitrogens is 1. The standard InChI is InChI=1S/C20H27N3O2/c1-23(2)20(10-6-3-7-11-20)12-13-21-18(24)16-14-15-8-4-5-9-17(15)22-19(16)25/h4-5,8-9,14H,3,6-7,10-13H2,1-2H3,(H,21,24)(H,22,25). The molecular formula is C20H27N3O2. The molecule has 2 N–H and O–H groups in total. The summed E-state index contributed by atoms with van der Waals surface area (Å²) in [6.07, 6.45) is 7.05. The van der Waals surface area contributed by atoms with Crippen LogP contribution in [0.5, 0.6) is 0 Å². The van der Waals surface area contributed by atoms with Crippen LogP contribution in [0.3, 0.4) is 0 Å². The summed E-state index contributed by atoms with van der Waals surface area (Å²) in [6.45, 7) is 0.587. The molecule has 0 radical (unpaired) electrons. The topological polar surface area (TPSA) is 65.2 Å². The number of carbonyl (C=O) groups is 1. The number of para-hydroxylation sites is 1. The molecule has 5 heteroatoms. The number of H-pyrrole nitrogens is 1. The maximum absolute atomic E-state index is 12.5. The third kappa shape index (κ3) is 3.76. The van der Waals surface area contributed by atoms with Gasteiger partial charge in [0.25, 0.3) is 11.5 Å². The van der Waals surface area contributed by atoms with Crippen LogP contribution in [0.15, 0.2) is 35.1 Å². The van der Waals surface area contributed by atoms with Crippen LogP contribution in [-0.4, -0.2) is 42.0 Å². The van der Waals surface area contributed by atoms with Crippen molar-refractivity contribution in [3.63, 3.8) is 0 Å². The lowest BCUT2D eigenvalue weighted by molar-refractivity contribution is 0.0835. The van der Waals surface area contributed by atoms with Crippen LogP contribution in [0.2, 0.25) is 0 Å². The van der Waals surface area contributed by atoms with Gasteiger partial charge in [-0.1, -0.05) is 37.5 Å². The van der Waals surface area contributed by atoms with Crippen molar-refractivity contribution >= 4 is 16.8 Å². The number of pyridine rings is 1. The number of amides is 1. The Balaban J connectivity index is 1.68. The van der Waals surface area contributed by atoms with Crippen molar-refractivity contribution in [1.82, 2.24) is 15.2 Å². The zero-order chi connectivity index (χ0) is 17.9. The van der Waals surface area contributed by atoms with E-state index in [1.807, 2.05) is 24.3 Å². The molecule has 0 saturated heterocycles. The Morgan fingerprint density at radius 1 is 1.20 bits per heavy atom. The van der Waals surface area contributed by atoms with E-state index < -0.39 is 0 Å². The lowest BCUT2D eigenvalue weighted by Gasteiger charge is -2.43. The van der Waals surface area contributed by atoms with Crippen molar-refractivity contribution in [3.8, 4) is 0 Å². The molecule has 3 rings (SSSR count). The molecule has 0 bridgehead atoms. The average molecular weight is 341 g/mol. The van der Waals surface area contributed by atoms with Crippen LogP contribution in [0.1, 0.15) is 48.9 Å². The summed E-state index contributed by atoms with van der Waals surface area (Å²) >= 11 is 0. The number of nitrogens with zero attached hydrogens (tertiary/aromatic N) is 1. The van der Waals surface area contributed by atoms with Crippen LogP contribution in [0, 0.1) is 0 Å². The number of hydrogen-bond acceptors (Lipinski definition) is 3. The molecule has 134 valence electrons. The van der Waals surface area contributed by atoms with E-state index in [2.05, 4.69) is 29.3 Å². The smallest absolute Gasteiger partial charge is 0.261 e. The molecule has 1 heterocycles. The Bertz CT molecular complexity index is 804. The van der Waals surface area contributed by atoms with E-state index in [1.165, 1.54) is 32.1 Å². The summed E-state index contributed by atoms with van der Waals surface area (Å²) in [5.74, 6) is -0.295. The van der Waals surface area contributed by atoms with Crippen LogP contribution in [0.25, 0.3) is 10.9 Å². The first kappa shape index (κ1) is 17.7. The molecule has 1 saturated carbocycles. The van der Waals surface area contributed by atoms with Gasteiger partial charge in [0.05, 0.1) is 0 Å². The summed E-state index contributed by atoms with van der Waals surface area (Å²) in [5.41, 5.74) is 0.761. The second-order valence-corrected chi connectivity index (χ2v) is 7.28. The summed E-state index contributed by atoms with van der Waals surface area (Å²) in [7, 11) is 4.25. The van der Waals surface area contributed by atoms with E-state index in [0.717, 1.165) is 17.3 Å². The van der Waals surface area contributed by atoms with Crippen molar-refractivity contribution in [2.45, 2.75) is 44.1 Å². The van der Waals surface area contributed by atoms with E-state index in [9.17, 15) is 9.59 Å². The van der Waals surface area contributed by atoms with Gasteiger partial charge in [0, 0.05) is 17.6 Å². The monoisotopic (exact) mass is 341 g/mol. The van der Waals surface area contributed by atoms with Crippen molar-refractivity contribution in [3.05, 3.63) is 46.2 Å². The number of benzene rings is 1. The van der Waals surface area contributed by atoms with Gasteiger partial charge in [-0.05, 0) is 50.9 Å². The van der Waals surface area contributed by atoms with Crippen molar-refractivity contribution < 1.29 is 4.79 Å². The average Bonchev–Trinajstić information content (AvgIpc) is 2.61. The van der Waals surface area contributed by atoms with Gasteiger partial charge in [-0.3, -0.25) is 9.59 Å². The number of hydrogen-bond donors (Lipinski definition) is 2. The second-order valence-electron chi connectivity index (χ2n) is 7.28. The van der Waals surface area contributed by atoms with E-state index in [4.69, 9.17) is 0 Å².